The second-order valence-corrected chi connectivity index (χ2v) is 8.17. The van der Waals surface area contributed by atoms with Gasteiger partial charge in [-0.3, -0.25) is 4.79 Å². The van der Waals surface area contributed by atoms with Crippen LogP contribution in [-0.4, -0.2) is 13.1 Å². The number of fused-ring (bicyclic) bond motifs is 3. The van der Waals surface area contributed by atoms with E-state index in [4.69, 9.17) is 6.11 Å². The van der Waals surface area contributed by atoms with Crippen LogP contribution in [0.5, 0.6) is 0 Å². The van der Waals surface area contributed by atoms with E-state index in [-0.39, 0.29) is 23.7 Å². The number of hydrogen-bond donors (Lipinski definition) is 0. The lowest BCUT2D eigenvalue weighted by Gasteiger charge is -2.54. The predicted octanol–water partition coefficient (Wildman–Crippen LogP) is 4.99. The molecule has 2 heteroatoms. The van der Waals surface area contributed by atoms with Crippen molar-refractivity contribution in [3.8, 4) is 0 Å². The smallest absolute Gasteiger partial charge is 0.311 e. The summed E-state index contributed by atoms with van der Waals surface area (Å²) in [6, 6.07) is 6.81. The lowest BCUT2D eigenvalue weighted by molar-refractivity contribution is -0.161. The molecular weight excluding hydrogens is 284 g/mol. The molecule has 2 aliphatic carbocycles. The largest absolute Gasteiger partial charge is 0.469 e. The summed E-state index contributed by atoms with van der Waals surface area (Å²) in [5, 5.41) is 0. The van der Waals surface area contributed by atoms with Crippen molar-refractivity contribution in [2.24, 2.45) is 11.3 Å². The van der Waals surface area contributed by atoms with Crippen LogP contribution in [0.1, 0.15) is 77.3 Å². The van der Waals surface area contributed by atoms with Crippen molar-refractivity contribution >= 4 is 5.97 Å². The van der Waals surface area contributed by atoms with Gasteiger partial charge in [0, 0.05) is 1.37 Å². The van der Waals surface area contributed by atoms with Crippen molar-refractivity contribution < 1.29 is 10.9 Å². The van der Waals surface area contributed by atoms with Gasteiger partial charge in [0.25, 0.3) is 0 Å². The van der Waals surface area contributed by atoms with Gasteiger partial charge < -0.3 is 4.74 Å². The zero-order chi connectivity index (χ0) is 17.7. The highest BCUT2D eigenvalue weighted by atomic mass is 16.5. The van der Waals surface area contributed by atoms with E-state index in [0.717, 1.165) is 25.7 Å². The Morgan fingerprint density at radius 2 is 2.09 bits per heavy atom. The van der Waals surface area contributed by atoms with E-state index in [1.54, 1.807) is 0 Å². The Balaban J connectivity index is 2.12. The Kier molecular flexibility index (Phi) is 3.74. The van der Waals surface area contributed by atoms with Crippen LogP contribution >= 0.6 is 0 Å². The summed E-state index contributed by atoms with van der Waals surface area (Å²) in [6.45, 7) is 8.72. The molecule has 0 spiro atoms. The standard InChI is InChI=1S/C21H30O2/c1-14(2)15-7-9-17-16(13-15)8-10-18-20(17,3)11-6-12-21(18,4)19(22)23-5/h7,9,13-14,18H,6,8,10-12H2,1-5H3/t18?,20-,21-/m1/s1/i10D/t10?,18?,20-,21-. The van der Waals surface area contributed by atoms with E-state index in [9.17, 15) is 4.79 Å². The SMILES string of the molecule is [2H]C1Cc2cc(C(C)C)ccc2[C@@]2(C)CCC[C@@](C)(C(=O)OC)C12. The Labute approximate surface area is 142 Å². The van der Waals surface area contributed by atoms with Crippen LogP contribution in [0.2, 0.25) is 0 Å². The number of hydrogen-bond acceptors (Lipinski definition) is 2. The van der Waals surface area contributed by atoms with Gasteiger partial charge in [0.05, 0.1) is 12.5 Å². The topological polar surface area (TPSA) is 26.3 Å². The number of methoxy groups -OCH3 is 1. The van der Waals surface area contributed by atoms with Crippen molar-refractivity contribution in [2.45, 2.75) is 71.1 Å². The van der Waals surface area contributed by atoms with Gasteiger partial charge in [-0.1, -0.05) is 45.4 Å². The van der Waals surface area contributed by atoms with Crippen LogP contribution < -0.4 is 0 Å². The molecule has 2 aliphatic rings. The van der Waals surface area contributed by atoms with Crippen LogP contribution in [0.4, 0.5) is 0 Å². The Hall–Kier alpha value is -1.31. The highest BCUT2D eigenvalue weighted by Crippen LogP contribution is 2.57. The zero-order valence-electron chi connectivity index (χ0n) is 16.1. The van der Waals surface area contributed by atoms with Gasteiger partial charge in [-0.2, -0.15) is 0 Å². The first kappa shape index (κ1) is 15.2. The third-order valence-corrected chi connectivity index (χ3v) is 6.40. The molecule has 1 aromatic rings. The summed E-state index contributed by atoms with van der Waals surface area (Å²) < 4.78 is 14.0. The molecule has 4 atom stereocenters. The van der Waals surface area contributed by atoms with E-state index < -0.39 is 5.41 Å². The Bertz CT molecular complexity index is 653. The molecule has 2 unspecified atom stereocenters. The van der Waals surface area contributed by atoms with E-state index in [2.05, 4.69) is 39.0 Å². The molecule has 0 amide bonds. The minimum absolute atomic E-state index is 0.0172. The summed E-state index contributed by atoms with van der Waals surface area (Å²) in [4.78, 5) is 12.6. The summed E-state index contributed by atoms with van der Waals surface area (Å²) in [5.74, 6) is 0.373. The average Bonchev–Trinajstić information content (AvgIpc) is 2.53. The van der Waals surface area contributed by atoms with E-state index in [1.165, 1.54) is 23.8 Å². The van der Waals surface area contributed by atoms with Crippen molar-refractivity contribution in [1.29, 1.82) is 0 Å². The lowest BCUT2D eigenvalue weighted by atomic mass is 9.49. The van der Waals surface area contributed by atoms with Gasteiger partial charge in [-0.15, -0.1) is 0 Å². The molecule has 1 fully saturated rings. The van der Waals surface area contributed by atoms with Gasteiger partial charge >= 0.3 is 5.97 Å². The van der Waals surface area contributed by atoms with E-state index in [0.29, 0.717) is 5.92 Å². The first-order chi connectivity index (χ1) is 11.2. The normalized spacial score (nSPS) is 36.9. The maximum Gasteiger partial charge on any atom is 0.311 e. The summed E-state index contributed by atoms with van der Waals surface area (Å²) in [7, 11) is 1.48. The van der Waals surface area contributed by atoms with E-state index >= 15 is 0 Å². The minimum atomic E-state index is -0.553. The minimum Gasteiger partial charge on any atom is -0.469 e. The van der Waals surface area contributed by atoms with Gasteiger partial charge in [-0.25, -0.2) is 0 Å². The first-order valence-electron chi connectivity index (χ1n) is 9.45. The van der Waals surface area contributed by atoms with Crippen molar-refractivity contribution in [2.75, 3.05) is 7.11 Å². The van der Waals surface area contributed by atoms with Gasteiger partial charge in [0.1, 0.15) is 0 Å². The second kappa shape index (κ2) is 5.65. The van der Waals surface area contributed by atoms with Crippen LogP contribution in [-0.2, 0) is 21.4 Å². The average molecular weight is 315 g/mol. The number of ether oxygens (including phenoxy) is 1. The quantitative estimate of drug-likeness (QED) is 0.718. The van der Waals surface area contributed by atoms with Gasteiger partial charge in [0.2, 0.25) is 0 Å². The molecule has 2 nitrogen and oxygen atoms in total. The molecule has 23 heavy (non-hydrogen) atoms. The van der Waals surface area contributed by atoms with Crippen LogP contribution in [0.3, 0.4) is 0 Å². The van der Waals surface area contributed by atoms with Crippen LogP contribution in [0, 0.1) is 11.3 Å². The highest BCUT2D eigenvalue weighted by Gasteiger charge is 2.55. The fourth-order valence-electron chi connectivity index (χ4n) is 5.07. The Morgan fingerprint density at radius 3 is 2.74 bits per heavy atom. The fraction of sp³-hybridized carbons (Fsp3) is 0.667. The van der Waals surface area contributed by atoms with E-state index in [1.807, 2.05) is 6.92 Å². The monoisotopic (exact) mass is 315 g/mol. The van der Waals surface area contributed by atoms with Gasteiger partial charge in [0.15, 0.2) is 0 Å². The number of carbonyl (C=O) groups excluding carboxylic acids is 1. The molecule has 126 valence electrons. The summed E-state index contributed by atoms with van der Waals surface area (Å²) >= 11 is 0. The zero-order valence-corrected chi connectivity index (χ0v) is 15.1. The molecule has 3 rings (SSSR count). The molecule has 1 aromatic carbocycles. The first-order valence-corrected chi connectivity index (χ1v) is 8.88. The fourth-order valence-corrected chi connectivity index (χ4v) is 5.07. The van der Waals surface area contributed by atoms with Crippen molar-refractivity contribution in [3.05, 3.63) is 34.9 Å². The van der Waals surface area contributed by atoms with Crippen molar-refractivity contribution in [1.82, 2.24) is 0 Å². The number of rotatable bonds is 2. The summed E-state index contributed by atoms with van der Waals surface area (Å²) in [6.07, 6.45) is 3.37. The highest BCUT2D eigenvalue weighted by molar-refractivity contribution is 5.77. The van der Waals surface area contributed by atoms with Crippen molar-refractivity contribution in [3.63, 3.8) is 0 Å². The molecule has 0 radical (unpaired) electrons. The third kappa shape index (κ3) is 2.42. The Morgan fingerprint density at radius 1 is 1.35 bits per heavy atom. The van der Waals surface area contributed by atoms with Gasteiger partial charge in [-0.05, 0) is 66.5 Å². The molecule has 0 heterocycles. The maximum atomic E-state index is 12.6. The molecule has 1 saturated carbocycles. The third-order valence-electron chi connectivity index (χ3n) is 6.40. The molecular formula is C21H30O2. The number of carbonyl (C=O) groups is 1. The number of esters is 1. The maximum absolute atomic E-state index is 12.6. The molecule has 0 aliphatic heterocycles. The molecule has 0 aromatic heterocycles. The second-order valence-electron chi connectivity index (χ2n) is 8.17. The number of aryl methyl sites for hydroxylation is 1. The van der Waals surface area contributed by atoms with Crippen LogP contribution in [0.25, 0.3) is 0 Å². The lowest BCUT2D eigenvalue weighted by Crippen LogP contribution is -2.52. The predicted molar refractivity (Wildman–Crippen MR) is 93.7 cm³/mol. The summed E-state index contributed by atoms with van der Waals surface area (Å²) in [5.41, 5.74) is 3.35. The molecule has 0 saturated heterocycles. The molecule has 0 bridgehead atoms. The molecule has 0 N–H and O–H groups in total. The van der Waals surface area contributed by atoms with Crippen LogP contribution in [0.15, 0.2) is 18.2 Å². The number of benzene rings is 1.